The van der Waals surface area contributed by atoms with Crippen molar-refractivity contribution in [2.45, 2.75) is 25.6 Å². The van der Waals surface area contributed by atoms with Crippen molar-refractivity contribution in [3.8, 4) is 5.75 Å². The highest BCUT2D eigenvalue weighted by atomic mass is 16.3. The average Bonchev–Trinajstić information content (AvgIpc) is 2.34. The predicted molar refractivity (Wildman–Crippen MR) is 67.6 cm³/mol. The molecule has 0 radical (unpaired) electrons. The first kappa shape index (κ1) is 14.6. The van der Waals surface area contributed by atoms with Gasteiger partial charge in [0.05, 0.1) is 11.7 Å². The first-order chi connectivity index (χ1) is 8.47. The quantitative estimate of drug-likeness (QED) is 0.557. The van der Waals surface area contributed by atoms with Crippen molar-refractivity contribution in [2.75, 3.05) is 13.6 Å². The zero-order chi connectivity index (χ0) is 13.7. The first-order valence-electron chi connectivity index (χ1n) is 5.82. The number of aromatic hydroxyl groups is 1. The Hall–Kier alpha value is -1.43. The second-order valence-electron chi connectivity index (χ2n) is 4.24. The number of carbonyl (C=O) groups excluding carboxylic acids is 1. The Morgan fingerprint density at radius 3 is 2.56 bits per heavy atom. The van der Waals surface area contributed by atoms with Crippen molar-refractivity contribution in [3.63, 3.8) is 0 Å². The summed E-state index contributed by atoms with van der Waals surface area (Å²) in [6, 6.07) is 4.29. The highest BCUT2D eigenvalue weighted by Crippen LogP contribution is 2.25. The molecule has 0 aromatic heterocycles. The number of aliphatic hydroxyl groups is 2. The fraction of sp³-hybridized carbons (Fsp3) is 0.462. The van der Waals surface area contributed by atoms with Crippen molar-refractivity contribution in [1.82, 2.24) is 5.32 Å². The van der Waals surface area contributed by atoms with Crippen LogP contribution in [0.1, 0.15) is 35.4 Å². The number of hydrogen-bond acceptors (Lipinski definition) is 5. The Morgan fingerprint density at radius 2 is 2.06 bits per heavy atom. The van der Waals surface area contributed by atoms with E-state index in [2.05, 4.69) is 5.32 Å². The SMILES string of the molecule is CNCCC(O)C(O)c1ccc(C(C)=O)c(O)c1. The molecule has 2 unspecified atom stereocenters. The van der Waals surface area contributed by atoms with Gasteiger partial charge in [-0.05, 0) is 44.6 Å². The van der Waals surface area contributed by atoms with Crippen LogP contribution in [0.15, 0.2) is 18.2 Å². The highest BCUT2D eigenvalue weighted by molar-refractivity contribution is 5.96. The number of carbonyl (C=O) groups is 1. The number of Topliss-reactive ketones (excluding diaryl/α,β-unsaturated/α-hetero) is 1. The largest absolute Gasteiger partial charge is 0.507 e. The third-order valence-corrected chi connectivity index (χ3v) is 2.80. The molecule has 1 rings (SSSR count). The van der Waals surface area contributed by atoms with Crippen LogP contribution < -0.4 is 5.32 Å². The molecule has 0 saturated carbocycles. The third-order valence-electron chi connectivity index (χ3n) is 2.80. The van der Waals surface area contributed by atoms with E-state index in [9.17, 15) is 20.1 Å². The van der Waals surface area contributed by atoms with Gasteiger partial charge >= 0.3 is 0 Å². The highest BCUT2D eigenvalue weighted by Gasteiger charge is 2.19. The summed E-state index contributed by atoms with van der Waals surface area (Å²) in [7, 11) is 1.76. The minimum absolute atomic E-state index is 0.181. The second-order valence-corrected chi connectivity index (χ2v) is 4.24. The summed E-state index contributed by atoms with van der Waals surface area (Å²) in [6.07, 6.45) is -1.60. The lowest BCUT2D eigenvalue weighted by Gasteiger charge is -2.18. The molecule has 0 spiro atoms. The number of hydrogen-bond donors (Lipinski definition) is 4. The Balaban J connectivity index is 2.83. The van der Waals surface area contributed by atoms with Gasteiger partial charge in [-0.1, -0.05) is 6.07 Å². The van der Waals surface area contributed by atoms with Crippen LogP contribution in [0.4, 0.5) is 0 Å². The number of rotatable bonds is 6. The molecule has 2 atom stereocenters. The van der Waals surface area contributed by atoms with E-state index in [-0.39, 0.29) is 17.1 Å². The van der Waals surface area contributed by atoms with Gasteiger partial charge in [0.1, 0.15) is 11.9 Å². The lowest BCUT2D eigenvalue weighted by molar-refractivity contribution is 0.0139. The lowest BCUT2D eigenvalue weighted by atomic mass is 9.99. The number of nitrogens with one attached hydrogen (secondary N) is 1. The first-order valence-corrected chi connectivity index (χ1v) is 5.82. The van der Waals surface area contributed by atoms with Crippen LogP contribution in [0.2, 0.25) is 0 Å². The number of phenols is 1. The van der Waals surface area contributed by atoms with Gasteiger partial charge in [0.25, 0.3) is 0 Å². The molecule has 1 aromatic rings. The van der Waals surface area contributed by atoms with Gasteiger partial charge in [-0.3, -0.25) is 4.79 Å². The van der Waals surface area contributed by atoms with Gasteiger partial charge in [0.2, 0.25) is 0 Å². The zero-order valence-electron chi connectivity index (χ0n) is 10.6. The molecule has 100 valence electrons. The summed E-state index contributed by atoms with van der Waals surface area (Å²) in [6.45, 7) is 1.93. The molecule has 0 bridgehead atoms. The minimum Gasteiger partial charge on any atom is -0.507 e. The molecule has 0 aliphatic carbocycles. The Bertz CT molecular complexity index is 419. The molecule has 1 aromatic carbocycles. The Kier molecular flexibility index (Phi) is 5.27. The molecule has 0 heterocycles. The van der Waals surface area contributed by atoms with Crippen molar-refractivity contribution in [2.24, 2.45) is 0 Å². The van der Waals surface area contributed by atoms with Gasteiger partial charge < -0.3 is 20.6 Å². The number of ketones is 1. The van der Waals surface area contributed by atoms with E-state index >= 15 is 0 Å². The standard InChI is InChI=1S/C13H19NO4/c1-8(15)10-4-3-9(7-12(10)17)13(18)11(16)5-6-14-2/h3-4,7,11,13-14,16-18H,5-6H2,1-2H3. The van der Waals surface area contributed by atoms with Gasteiger partial charge in [0.15, 0.2) is 5.78 Å². The average molecular weight is 253 g/mol. The topological polar surface area (TPSA) is 89.8 Å². The van der Waals surface area contributed by atoms with Crippen LogP contribution in [-0.4, -0.2) is 40.8 Å². The van der Waals surface area contributed by atoms with E-state index in [0.717, 1.165) is 0 Å². The van der Waals surface area contributed by atoms with Crippen molar-refractivity contribution in [3.05, 3.63) is 29.3 Å². The van der Waals surface area contributed by atoms with Gasteiger partial charge in [0, 0.05) is 0 Å². The zero-order valence-corrected chi connectivity index (χ0v) is 10.6. The molecule has 0 fully saturated rings. The number of benzene rings is 1. The maximum absolute atomic E-state index is 11.1. The molecule has 0 aliphatic rings. The summed E-state index contributed by atoms with van der Waals surface area (Å²) in [5, 5.41) is 32.1. The van der Waals surface area contributed by atoms with Crippen LogP contribution in [-0.2, 0) is 0 Å². The number of phenolic OH excluding ortho intramolecular Hbond substituents is 1. The molecule has 0 aliphatic heterocycles. The maximum Gasteiger partial charge on any atom is 0.163 e. The fourth-order valence-corrected chi connectivity index (χ4v) is 1.70. The molecule has 5 heteroatoms. The smallest absolute Gasteiger partial charge is 0.163 e. The van der Waals surface area contributed by atoms with Crippen LogP contribution in [0.3, 0.4) is 0 Å². The van der Waals surface area contributed by atoms with E-state index in [0.29, 0.717) is 18.5 Å². The lowest BCUT2D eigenvalue weighted by Crippen LogP contribution is -2.23. The van der Waals surface area contributed by atoms with Gasteiger partial charge in [-0.2, -0.15) is 0 Å². The van der Waals surface area contributed by atoms with E-state index in [1.807, 2.05) is 0 Å². The third kappa shape index (κ3) is 3.53. The van der Waals surface area contributed by atoms with E-state index in [4.69, 9.17) is 0 Å². The fourth-order valence-electron chi connectivity index (χ4n) is 1.70. The summed E-state index contributed by atoms with van der Waals surface area (Å²) < 4.78 is 0. The Labute approximate surface area is 106 Å². The molecular formula is C13H19NO4. The molecule has 18 heavy (non-hydrogen) atoms. The number of aliphatic hydroxyl groups excluding tert-OH is 2. The van der Waals surface area contributed by atoms with Gasteiger partial charge in [-0.15, -0.1) is 0 Å². The second kappa shape index (κ2) is 6.49. The maximum atomic E-state index is 11.1. The van der Waals surface area contributed by atoms with Crippen molar-refractivity contribution in [1.29, 1.82) is 0 Å². The Morgan fingerprint density at radius 1 is 1.39 bits per heavy atom. The molecule has 5 nitrogen and oxygen atoms in total. The van der Waals surface area contributed by atoms with Crippen molar-refractivity contribution < 1.29 is 20.1 Å². The minimum atomic E-state index is -1.08. The van der Waals surface area contributed by atoms with Crippen LogP contribution >= 0.6 is 0 Å². The monoisotopic (exact) mass is 253 g/mol. The summed E-state index contributed by atoms with van der Waals surface area (Å²) >= 11 is 0. The molecule has 0 saturated heterocycles. The molecule has 4 N–H and O–H groups in total. The van der Waals surface area contributed by atoms with Crippen LogP contribution in [0, 0.1) is 0 Å². The van der Waals surface area contributed by atoms with Crippen molar-refractivity contribution >= 4 is 5.78 Å². The van der Waals surface area contributed by atoms with E-state index < -0.39 is 12.2 Å². The molecular weight excluding hydrogens is 234 g/mol. The molecule has 0 amide bonds. The van der Waals surface area contributed by atoms with Gasteiger partial charge in [-0.25, -0.2) is 0 Å². The van der Waals surface area contributed by atoms with Crippen LogP contribution in [0.25, 0.3) is 0 Å². The van der Waals surface area contributed by atoms with E-state index in [1.54, 1.807) is 7.05 Å². The normalized spacial score (nSPS) is 14.2. The van der Waals surface area contributed by atoms with Crippen LogP contribution in [0.5, 0.6) is 5.75 Å². The summed E-state index contributed by atoms with van der Waals surface area (Å²) in [5.41, 5.74) is 0.594. The summed E-state index contributed by atoms with van der Waals surface area (Å²) in [4.78, 5) is 11.1. The summed E-state index contributed by atoms with van der Waals surface area (Å²) in [5.74, 6) is -0.427. The predicted octanol–water partition coefficient (Wildman–Crippen LogP) is 0.599. The van der Waals surface area contributed by atoms with E-state index in [1.165, 1.54) is 25.1 Å².